The van der Waals surface area contributed by atoms with Crippen LogP contribution in [0.4, 0.5) is 75.4 Å². The molecule has 8 aromatic carbocycles. The molecule has 8 aromatic rings. The summed E-state index contributed by atoms with van der Waals surface area (Å²) >= 11 is 0. The number of benzene rings is 8. The molecule has 10 rings (SSSR count). The number of hydrogen-bond acceptors (Lipinski definition) is 8. The van der Waals surface area contributed by atoms with Crippen molar-refractivity contribution >= 4 is 77.8 Å². The molecule has 10 nitrogen and oxygen atoms in total. The molecule has 75 heavy (non-hydrogen) atoms. The van der Waals surface area contributed by atoms with E-state index >= 15 is 0 Å². The van der Waals surface area contributed by atoms with Crippen LogP contribution in [0.3, 0.4) is 0 Å². The molecule has 380 valence electrons. The number of amides is 4. The van der Waals surface area contributed by atoms with Gasteiger partial charge in [0.2, 0.25) is 9.84 Å². The molecule has 0 atom stereocenters. The first kappa shape index (κ1) is 49.8. The molecule has 0 spiro atoms. The highest BCUT2D eigenvalue weighted by atomic mass is 32.2. The van der Waals surface area contributed by atoms with Crippen LogP contribution in [0.2, 0.25) is 0 Å². The molecule has 0 saturated heterocycles. The summed E-state index contributed by atoms with van der Waals surface area (Å²) in [6, 6.07) is 19.0. The number of alkyl halides is 12. The first-order chi connectivity index (χ1) is 35.0. The predicted octanol–water partition coefficient (Wildman–Crippen LogP) is 13.0. The Balaban J connectivity index is 1.03. The van der Waals surface area contributed by atoms with Gasteiger partial charge in [0.05, 0.1) is 43.4 Å². The fourth-order valence-electron chi connectivity index (χ4n) is 9.54. The quantitative estimate of drug-likeness (QED) is 0.0945. The number of sulfone groups is 1. The standard InChI is InChI=1S/C52H26F12N4O6S/c53-49(54,55)37-19-23(65)7-11-27(37)29-13-9-25(21-39(29)51(59,60)61)67-45(69)33-5-1-3-31-41(17-15-35(43(31)33)47(67)71)75(73,74)42-18-16-36-44-32(42)4-2-6-34(44)46(70)68(48(36)72)26-10-14-30(40(22-26)52(62,63)64)28-12-8-24(66)20-38(28)50(56,57)58/h1-22H,65-66H2. The Morgan fingerprint density at radius 3 is 0.947 bits per heavy atom. The minimum absolute atomic E-state index is 0.246. The number of anilines is 4. The van der Waals surface area contributed by atoms with Crippen LogP contribution in [-0.2, 0) is 34.5 Å². The largest absolute Gasteiger partial charge is 0.417 e. The summed E-state index contributed by atoms with van der Waals surface area (Å²) in [5.41, 5.74) is -2.64. The Morgan fingerprint density at radius 1 is 0.347 bits per heavy atom. The van der Waals surface area contributed by atoms with E-state index in [1.807, 2.05) is 0 Å². The first-order valence-corrected chi connectivity index (χ1v) is 23.0. The molecule has 0 saturated carbocycles. The zero-order valence-electron chi connectivity index (χ0n) is 37.1. The van der Waals surface area contributed by atoms with Crippen molar-refractivity contribution in [3.8, 4) is 22.3 Å². The van der Waals surface area contributed by atoms with Crippen LogP contribution in [0.15, 0.2) is 143 Å². The fourth-order valence-corrected chi connectivity index (χ4v) is 11.2. The molecular weight excluding hydrogens is 1040 g/mol. The van der Waals surface area contributed by atoms with Crippen LogP contribution in [0.1, 0.15) is 63.7 Å². The summed E-state index contributed by atoms with van der Waals surface area (Å²) < 4.78 is 202. The van der Waals surface area contributed by atoms with Gasteiger partial charge in [-0.15, -0.1) is 0 Å². The summed E-state index contributed by atoms with van der Waals surface area (Å²) in [6.45, 7) is 0. The van der Waals surface area contributed by atoms with E-state index in [1.165, 1.54) is 24.3 Å². The van der Waals surface area contributed by atoms with Gasteiger partial charge in [-0.25, -0.2) is 18.2 Å². The molecule has 0 radical (unpaired) electrons. The SMILES string of the molecule is Nc1ccc(-c2ccc(N3C(=O)c4cccc5c(S(=O)(=O)c6ccc7c8c(cccc68)C(=O)N(c6ccc(-c8ccc(N)cc8C(F)(F)F)c(C(F)(F)F)c6)C7=O)ccc(c45)C3=O)cc2C(F)(F)F)c(C(F)(F)F)c1. The number of halogens is 12. The van der Waals surface area contributed by atoms with Crippen molar-refractivity contribution in [2.75, 3.05) is 21.3 Å². The summed E-state index contributed by atoms with van der Waals surface area (Å²) in [5.74, 6) is -4.97. The Morgan fingerprint density at radius 2 is 0.627 bits per heavy atom. The normalized spacial score (nSPS) is 14.4. The van der Waals surface area contributed by atoms with Crippen molar-refractivity contribution in [2.24, 2.45) is 0 Å². The highest BCUT2D eigenvalue weighted by molar-refractivity contribution is 7.92. The second-order valence-electron chi connectivity index (χ2n) is 17.1. The molecule has 4 amide bonds. The third kappa shape index (κ3) is 7.95. The zero-order chi connectivity index (χ0) is 54.2. The van der Waals surface area contributed by atoms with E-state index in [-0.39, 0.29) is 43.8 Å². The maximum Gasteiger partial charge on any atom is 0.417 e. The van der Waals surface area contributed by atoms with E-state index in [0.717, 1.165) is 72.8 Å². The van der Waals surface area contributed by atoms with Crippen molar-refractivity contribution < 1.29 is 80.3 Å². The number of nitrogens with two attached hydrogens (primary N) is 2. The molecule has 0 unspecified atom stereocenters. The summed E-state index contributed by atoms with van der Waals surface area (Å²) in [5, 5.41) is -1.00. The van der Waals surface area contributed by atoms with Gasteiger partial charge in [0, 0.05) is 55.2 Å². The lowest BCUT2D eigenvalue weighted by atomic mass is 9.91. The lowest BCUT2D eigenvalue weighted by Crippen LogP contribution is -2.40. The summed E-state index contributed by atoms with van der Waals surface area (Å²) in [7, 11) is -4.87. The molecule has 0 aromatic heterocycles. The van der Waals surface area contributed by atoms with Crippen molar-refractivity contribution in [3.05, 3.63) is 178 Å². The Hall–Kier alpha value is -8.73. The summed E-state index contributed by atoms with van der Waals surface area (Å²) in [6.07, 6.45) is -21.0. The van der Waals surface area contributed by atoms with Gasteiger partial charge < -0.3 is 11.5 Å². The van der Waals surface area contributed by atoms with Crippen molar-refractivity contribution in [3.63, 3.8) is 0 Å². The third-order valence-electron chi connectivity index (χ3n) is 12.7. The van der Waals surface area contributed by atoms with Crippen LogP contribution < -0.4 is 21.3 Å². The second-order valence-corrected chi connectivity index (χ2v) is 19.0. The Bertz CT molecular complexity index is 3700. The second kappa shape index (κ2) is 16.6. The van der Waals surface area contributed by atoms with Gasteiger partial charge >= 0.3 is 24.7 Å². The fraction of sp³-hybridized carbons (Fsp3) is 0.0769. The molecule has 2 aliphatic heterocycles. The van der Waals surface area contributed by atoms with Gasteiger partial charge in [0.25, 0.3) is 23.6 Å². The van der Waals surface area contributed by atoms with Crippen molar-refractivity contribution in [2.45, 2.75) is 34.5 Å². The maximum atomic E-state index is 14.9. The highest BCUT2D eigenvalue weighted by Gasteiger charge is 2.44. The van der Waals surface area contributed by atoms with Gasteiger partial charge in [-0.1, -0.05) is 48.5 Å². The molecule has 0 bridgehead atoms. The topological polar surface area (TPSA) is 161 Å². The minimum atomic E-state index is -5.34. The van der Waals surface area contributed by atoms with Crippen molar-refractivity contribution in [1.29, 1.82) is 0 Å². The minimum Gasteiger partial charge on any atom is -0.399 e. The van der Waals surface area contributed by atoms with Crippen LogP contribution in [0, 0.1) is 0 Å². The van der Waals surface area contributed by atoms with Crippen LogP contribution in [0.5, 0.6) is 0 Å². The molecule has 0 aliphatic carbocycles. The zero-order valence-corrected chi connectivity index (χ0v) is 38.0. The maximum absolute atomic E-state index is 14.9. The van der Waals surface area contributed by atoms with Crippen molar-refractivity contribution in [1.82, 2.24) is 0 Å². The molecule has 2 aliphatic rings. The van der Waals surface area contributed by atoms with Gasteiger partial charge in [0.15, 0.2) is 0 Å². The van der Waals surface area contributed by atoms with Crippen LogP contribution in [-0.4, -0.2) is 32.0 Å². The first-order valence-electron chi connectivity index (χ1n) is 21.5. The summed E-state index contributed by atoms with van der Waals surface area (Å²) in [4.78, 5) is 56.5. The lowest BCUT2D eigenvalue weighted by Gasteiger charge is -2.29. The lowest BCUT2D eigenvalue weighted by molar-refractivity contribution is -0.139. The number of rotatable bonds is 6. The molecule has 0 fully saturated rings. The van der Waals surface area contributed by atoms with E-state index in [1.54, 1.807) is 0 Å². The van der Waals surface area contributed by atoms with E-state index in [4.69, 9.17) is 11.5 Å². The van der Waals surface area contributed by atoms with Gasteiger partial charge in [-0.2, -0.15) is 52.7 Å². The Kier molecular flexibility index (Phi) is 11.1. The van der Waals surface area contributed by atoms with Crippen LogP contribution in [0.25, 0.3) is 43.8 Å². The molecular formula is C52H26F12N4O6S. The average molecular weight is 1060 g/mol. The predicted molar refractivity (Wildman–Crippen MR) is 248 cm³/mol. The van der Waals surface area contributed by atoms with Gasteiger partial charge in [0.1, 0.15) is 0 Å². The number of nitrogen functional groups attached to an aromatic ring is 2. The monoisotopic (exact) mass is 1060 g/mol. The Labute approximate surface area is 412 Å². The van der Waals surface area contributed by atoms with Gasteiger partial charge in [-0.3, -0.25) is 19.2 Å². The average Bonchev–Trinajstić information content (AvgIpc) is 3.33. The third-order valence-corrected chi connectivity index (χ3v) is 14.6. The number of imide groups is 2. The van der Waals surface area contributed by atoms with Gasteiger partial charge in [-0.05, 0) is 107 Å². The smallest absolute Gasteiger partial charge is 0.399 e. The van der Waals surface area contributed by atoms with Crippen LogP contribution >= 0.6 is 0 Å². The number of hydrogen-bond donors (Lipinski definition) is 2. The highest BCUT2D eigenvalue weighted by Crippen LogP contribution is 2.49. The van der Waals surface area contributed by atoms with E-state index in [0.29, 0.717) is 46.2 Å². The molecule has 4 N–H and O–H groups in total. The number of nitrogens with zero attached hydrogens (tertiary/aromatic N) is 2. The number of carbonyl (C=O) groups is 4. The van der Waals surface area contributed by atoms with E-state index in [9.17, 15) is 80.3 Å². The number of carbonyl (C=O) groups excluding carboxylic acids is 4. The molecule has 23 heteroatoms. The molecule has 2 heterocycles. The van der Waals surface area contributed by atoms with E-state index < -0.39 is 135 Å². The van der Waals surface area contributed by atoms with E-state index in [2.05, 4.69) is 0 Å².